The molecule has 0 saturated carbocycles. The van der Waals surface area contributed by atoms with E-state index in [9.17, 15) is 4.79 Å². The Morgan fingerprint density at radius 1 is 1.19 bits per heavy atom. The van der Waals surface area contributed by atoms with Crippen LogP contribution < -0.4 is 15.1 Å². The number of nitrogens with one attached hydrogen (secondary N) is 1. The molecule has 2 aliphatic heterocycles. The van der Waals surface area contributed by atoms with Crippen LogP contribution in [0.5, 0.6) is 0 Å². The third-order valence-corrected chi connectivity index (χ3v) is 5.99. The molecule has 1 amide bonds. The van der Waals surface area contributed by atoms with Crippen LogP contribution in [0.1, 0.15) is 25.3 Å². The quantitative estimate of drug-likeness (QED) is 0.763. The fourth-order valence-corrected chi connectivity index (χ4v) is 4.28. The first-order valence-corrected chi connectivity index (χ1v) is 11.1. The monoisotopic (exact) mass is 424 g/mol. The van der Waals surface area contributed by atoms with E-state index in [0.717, 1.165) is 69.8 Å². The van der Waals surface area contributed by atoms with Gasteiger partial charge >= 0.3 is 0 Å². The molecule has 166 valence electrons. The number of aromatic nitrogens is 2. The second kappa shape index (κ2) is 10.1. The summed E-state index contributed by atoms with van der Waals surface area (Å²) in [5.74, 6) is 1.72. The predicted octanol–water partition coefficient (Wildman–Crippen LogP) is 2.37. The number of rotatable bonds is 6. The van der Waals surface area contributed by atoms with E-state index in [1.165, 1.54) is 18.9 Å². The molecule has 3 heterocycles. The first-order chi connectivity index (χ1) is 15.1. The number of carbonyl (C=O) groups excluding carboxylic acids is 1. The van der Waals surface area contributed by atoms with Gasteiger partial charge in [-0.25, -0.2) is 4.98 Å². The molecule has 0 bridgehead atoms. The number of morpholine rings is 1. The van der Waals surface area contributed by atoms with Crippen molar-refractivity contribution in [1.29, 1.82) is 0 Å². The molecule has 2 aliphatic rings. The Bertz CT molecular complexity index is 869. The van der Waals surface area contributed by atoms with Crippen LogP contribution in [0.25, 0.3) is 0 Å². The molecule has 8 nitrogen and oxygen atoms in total. The zero-order valence-electron chi connectivity index (χ0n) is 18.5. The van der Waals surface area contributed by atoms with Crippen LogP contribution in [0.4, 0.5) is 17.5 Å². The maximum Gasteiger partial charge on any atom is 0.227 e. The van der Waals surface area contributed by atoms with Gasteiger partial charge in [-0.3, -0.25) is 9.69 Å². The lowest BCUT2D eigenvalue weighted by atomic mass is 10.0. The van der Waals surface area contributed by atoms with E-state index in [2.05, 4.69) is 44.2 Å². The van der Waals surface area contributed by atoms with Gasteiger partial charge in [0.2, 0.25) is 11.9 Å². The predicted molar refractivity (Wildman–Crippen MR) is 123 cm³/mol. The lowest BCUT2D eigenvalue weighted by molar-refractivity contribution is -0.114. The van der Waals surface area contributed by atoms with Crippen molar-refractivity contribution in [1.82, 2.24) is 14.9 Å². The summed E-state index contributed by atoms with van der Waals surface area (Å²) in [7, 11) is 2.14. The number of carbonyl (C=O) groups is 1. The lowest BCUT2D eigenvalue weighted by Crippen LogP contribution is -2.46. The van der Waals surface area contributed by atoms with E-state index >= 15 is 0 Å². The van der Waals surface area contributed by atoms with Crippen molar-refractivity contribution in [2.75, 3.05) is 61.6 Å². The van der Waals surface area contributed by atoms with E-state index in [0.29, 0.717) is 6.04 Å². The highest BCUT2D eigenvalue weighted by Crippen LogP contribution is 2.23. The van der Waals surface area contributed by atoms with Crippen LogP contribution in [-0.2, 0) is 16.1 Å². The summed E-state index contributed by atoms with van der Waals surface area (Å²) in [6.45, 7) is 7.67. The standard InChI is InChI=1S/C23H32N6O2/c1-18(30)25-20-7-5-19(6-8-20)16-28-11-3-4-21(17-28)27(2)22-9-10-24-23(26-22)29-12-14-31-15-13-29/h5-10,21H,3-4,11-17H2,1-2H3,(H,25,30). The van der Waals surface area contributed by atoms with Crippen molar-refractivity contribution >= 4 is 23.4 Å². The van der Waals surface area contributed by atoms with Crippen molar-refractivity contribution < 1.29 is 9.53 Å². The van der Waals surface area contributed by atoms with Gasteiger partial charge in [0.25, 0.3) is 0 Å². The molecule has 0 spiro atoms. The summed E-state index contributed by atoms with van der Waals surface area (Å²) in [4.78, 5) is 27.5. The highest BCUT2D eigenvalue weighted by Gasteiger charge is 2.25. The van der Waals surface area contributed by atoms with Crippen molar-refractivity contribution in [3.63, 3.8) is 0 Å². The van der Waals surface area contributed by atoms with Crippen LogP contribution in [-0.4, -0.2) is 73.3 Å². The molecule has 2 fully saturated rings. The summed E-state index contributed by atoms with van der Waals surface area (Å²) in [5.41, 5.74) is 2.10. The van der Waals surface area contributed by atoms with Crippen molar-refractivity contribution in [2.45, 2.75) is 32.4 Å². The van der Waals surface area contributed by atoms with Crippen molar-refractivity contribution in [2.24, 2.45) is 0 Å². The van der Waals surface area contributed by atoms with E-state index in [4.69, 9.17) is 9.72 Å². The van der Waals surface area contributed by atoms with Crippen molar-refractivity contribution in [3.05, 3.63) is 42.1 Å². The lowest BCUT2D eigenvalue weighted by Gasteiger charge is -2.38. The van der Waals surface area contributed by atoms with E-state index in [1.54, 1.807) is 0 Å². The molecule has 4 rings (SSSR count). The Labute approximate surface area is 184 Å². The van der Waals surface area contributed by atoms with Gasteiger partial charge < -0.3 is 19.9 Å². The number of likely N-dealkylation sites (N-methyl/N-ethyl adjacent to an activating group) is 1. The van der Waals surface area contributed by atoms with E-state index in [-0.39, 0.29) is 5.91 Å². The number of hydrogen-bond donors (Lipinski definition) is 1. The first-order valence-electron chi connectivity index (χ1n) is 11.1. The molecule has 2 aromatic rings. The average molecular weight is 425 g/mol. The minimum absolute atomic E-state index is 0.0452. The number of anilines is 3. The fourth-order valence-electron chi connectivity index (χ4n) is 4.28. The first kappa shape index (κ1) is 21.5. The zero-order chi connectivity index (χ0) is 21.6. The van der Waals surface area contributed by atoms with E-state index in [1.807, 2.05) is 24.4 Å². The smallest absolute Gasteiger partial charge is 0.227 e. The normalized spacial score (nSPS) is 19.8. The fraction of sp³-hybridized carbons (Fsp3) is 0.522. The second-order valence-corrected chi connectivity index (χ2v) is 8.33. The number of likely N-dealkylation sites (tertiary alicyclic amines) is 1. The van der Waals surface area contributed by atoms with Gasteiger partial charge in [0.05, 0.1) is 13.2 Å². The maximum atomic E-state index is 11.2. The van der Waals surface area contributed by atoms with Gasteiger partial charge in [-0.1, -0.05) is 12.1 Å². The van der Waals surface area contributed by atoms with Gasteiger partial charge in [-0.2, -0.15) is 4.98 Å². The van der Waals surface area contributed by atoms with Gasteiger partial charge in [0.15, 0.2) is 0 Å². The Balaban J connectivity index is 1.37. The Morgan fingerprint density at radius 2 is 1.97 bits per heavy atom. The van der Waals surface area contributed by atoms with Gasteiger partial charge in [-0.05, 0) is 43.1 Å². The van der Waals surface area contributed by atoms with Crippen molar-refractivity contribution in [3.8, 4) is 0 Å². The molecule has 0 aliphatic carbocycles. The summed E-state index contributed by atoms with van der Waals surface area (Å²) in [5, 5.41) is 2.82. The van der Waals surface area contributed by atoms with E-state index < -0.39 is 0 Å². The highest BCUT2D eigenvalue weighted by molar-refractivity contribution is 5.88. The number of hydrogen-bond acceptors (Lipinski definition) is 7. The minimum atomic E-state index is -0.0452. The number of ether oxygens (including phenoxy) is 1. The van der Waals surface area contributed by atoms with Gasteiger partial charge in [-0.15, -0.1) is 0 Å². The Morgan fingerprint density at radius 3 is 2.71 bits per heavy atom. The molecule has 8 heteroatoms. The SMILES string of the molecule is CC(=O)Nc1ccc(CN2CCCC(N(C)c3ccnc(N4CCOCC4)n3)C2)cc1. The molecule has 1 aromatic heterocycles. The van der Waals surface area contributed by atoms with Gasteiger partial charge in [0.1, 0.15) is 5.82 Å². The van der Waals surface area contributed by atoms with Gasteiger partial charge in [0, 0.05) is 58.1 Å². The van der Waals surface area contributed by atoms with Crippen LogP contribution in [0, 0.1) is 0 Å². The summed E-state index contributed by atoms with van der Waals surface area (Å²) >= 11 is 0. The highest BCUT2D eigenvalue weighted by atomic mass is 16.5. The Kier molecular flexibility index (Phi) is 6.99. The van der Waals surface area contributed by atoms with Crippen LogP contribution in [0.3, 0.4) is 0 Å². The largest absolute Gasteiger partial charge is 0.378 e. The summed E-state index contributed by atoms with van der Waals surface area (Å²) < 4.78 is 5.45. The number of nitrogens with zero attached hydrogens (tertiary/aromatic N) is 5. The second-order valence-electron chi connectivity index (χ2n) is 8.33. The topological polar surface area (TPSA) is 73.8 Å². The summed E-state index contributed by atoms with van der Waals surface area (Å²) in [6, 6.07) is 10.6. The molecule has 1 atom stereocenters. The summed E-state index contributed by atoms with van der Waals surface area (Å²) in [6.07, 6.45) is 4.19. The number of piperidine rings is 1. The third-order valence-electron chi connectivity index (χ3n) is 5.99. The molecule has 1 aromatic carbocycles. The third kappa shape index (κ3) is 5.71. The molecule has 1 unspecified atom stereocenters. The minimum Gasteiger partial charge on any atom is -0.378 e. The average Bonchev–Trinajstić information content (AvgIpc) is 2.80. The molecule has 1 N–H and O–H groups in total. The van der Waals surface area contributed by atoms with Crippen LogP contribution in [0.15, 0.2) is 36.5 Å². The Hall–Kier alpha value is -2.71. The molecule has 0 radical (unpaired) electrons. The molecular weight excluding hydrogens is 392 g/mol. The number of amides is 1. The van der Waals surface area contributed by atoms with Crippen LogP contribution >= 0.6 is 0 Å². The maximum absolute atomic E-state index is 11.2. The molecular formula is C23H32N6O2. The van der Waals surface area contributed by atoms with Crippen LogP contribution in [0.2, 0.25) is 0 Å². The zero-order valence-corrected chi connectivity index (χ0v) is 18.5. The number of benzene rings is 1. The molecule has 31 heavy (non-hydrogen) atoms. The molecule has 2 saturated heterocycles.